The van der Waals surface area contributed by atoms with E-state index in [0.717, 1.165) is 12.2 Å². The monoisotopic (exact) mass is 369 g/mol. The van der Waals surface area contributed by atoms with Gasteiger partial charge >= 0.3 is 0 Å². The molecule has 0 spiro atoms. The molecule has 4 atom stereocenters. The van der Waals surface area contributed by atoms with E-state index in [1.165, 1.54) is 4.90 Å². The first-order valence-corrected chi connectivity index (χ1v) is 12.4. The molecule has 3 aliphatic rings. The summed E-state index contributed by atoms with van der Waals surface area (Å²) >= 11 is 0. The van der Waals surface area contributed by atoms with Crippen LogP contribution in [-0.2, 0) is 9.59 Å². The van der Waals surface area contributed by atoms with Crippen LogP contribution in [0.3, 0.4) is 0 Å². The number of amides is 2. The number of allylic oxidation sites excluding steroid dienone is 2. The Kier molecular flexibility index (Phi) is 3.74. The van der Waals surface area contributed by atoms with Gasteiger partial charge in [0.1, 0.15) is 5.75 Å². The van der Waals surface area contributed by atoms with Crippen molar-refractivity contribution in [1.82, 2.24) is 0 Å². The molecule has 5 heteroatoms. The fourth-order valence-corrected chi connectivity index (χ4v) is 5.31. The Morgan fingerprint density at radius 2 is 1.62 bits per heavy atom. The molecule has 2 fully saturated rings. The minimum Gasteiger partial charge on any atom is -0.543 e. The lowest BCUT2D eigenvalue weighted by Crippen LogP contribution is -2.43. The normalized spacial score (nSPS) is 30.3. The van der Waals surface area contributed by atoms with Gasteiger partial charge in [-0.25, -0.2) is 4.90 Å². The van der Waals surface area contributed by atoms with E-state index in [9.17, 15) is 9.59 Å². The van der Waals surface area contributed by atoms with Gasteiger partial charge in [0.25, 0.3) is 0 Å². The zero-order chi connectivity index (χ0) is 18.9. The van der Waals surface area contributed by atoms with Gasteiger partial charge in [-0.1, -0.05) is 39.0 Å². The van der Waals surface area contributed by atoms with Crippen LogP contribution in [0.4, 0.5) is 5.69 Å². The van der Waals surface area contributed by atoms with E-state index >= 15 is 0 Å². The van der Waals surface area contributed by atoms with Crippen molar-refractivity contribution in [2.75, 3.05) is 4.90 Å². The molecule has 1 saturated carbocycles. The fraction of sp³-hybridized carbons (Fsp3) is 0.524. The summed E-state index contributed by atoms with van der Waals surface area (Å²) in [5.41, 5.74) is 0.644. The van der Waals surface area contributed by atoms with Crippen molar-refractivity contribution >= 4 is 25.8 Å². The number of fused-ring (bicyclic) bond motifs is 5. The Balaban J connectivity index is 1.62. The number of rotatable bonds is 3. The second kappa shape index (κ2) is 5.56. The summed E-state index contributed by atoms with van der Waals surface area (Å²) in [5.74, 6) is 0.802. The van der Waals surface area contributed by atoms with Crippen LogP contribution in [0.5, 0.6) is 5.75 Å². The lowest BCUT2D eigenvalue weighted by molar-refractivity contribution is -0.123. The SMILES string of the molecule is CC(C)(C)[Si](C)(C)Oc1cccc(N2C(=O)C3C4C=CC(C4)C3C2=O)c1. The second-order valence-corrected chi connectivity index (χ2v) is 14.1. The molecule has 0 radical (unpaired) electrons. The van der Waals surface area contributed by atoms with Crippen LogP contribution in [0.25, 0.3) is 0 Å². The fourth-order valence-electron chi connectivity index (χ4n) is 4.29. The predicted molar refractivity (Wildman–Crippen MR) is 104 cm³/mol. The molecule has 1 aromatic carbocycles. The van der Waals surface area contributed by atoms with E-state index in [-0.39, 0.29) is 40.5 Å². The summed E-state index contributed by atoms with van der Waals surface area (Å²) in [4.78, 5) is 27.4. The van der Waals surface area contributed by atoms with Crippen molar-refractivity contribution in [3.63, 3.8) is 0 Å². The van der Waals surface area contributed by atoms with Crippen molar-refractivity contribution in [2.45, 2.75) is 45.3 Å². The van der Waals surface area contributed by atoms with Crippen molar-refractivity contribution in [2.24, 2.45) is 23.7 Å². The Morgan fingerprint density at radius 1 is 1.04 bits per heavy atom. The third-order valence-electron chi connectivity index (χ3n) is 6.73. The van der Waals surface area contributed by atoms with E-state index < -0.39 is 8.32 Å². The largest absolute Gasteiger partial charge is 0.543 e. The van der Waals surface area contributed by atoms with E-state index in [4.69, 9.17) is 4.43 Å². The zero-order valence-electron chi connectivity index (χ0n) is 16.2. The van der Waals surface area contributed by atoms with Gasteiger partial charge in [-0.3, -0.25) is 9.59 Å². The van der Waals surface area contributed by atoms with E-state index in [1.54, 1.807) is 0 Å². The van der Waals surface area contributed by atoms with Gasteiger partial charge < -0.3 is 4.43 Å². The average molecular weight is 370 g/mol. The molecule has 4 rings (SSSR count). The van der Waals surface area contributed by atoms with Crippen molar-refractivity contribution in [3.05, 3.63) is 36.4 Å². The maximum Gasteiger partial charge on any atom is 0.250 e. The van der Waals surface area contributed by atoms with Gasteiger partial charge in [0.05, 0.1) is 17.5 Å². The summed E-state index contributed by atoms with van der Waals surface area (Å²) in [5, 5.41) is 0.0875. The molecule has 2 aliphatic carbocycles. The van der Waals surface area contributed by atoms with Crippen LogP contribution >= 0.6 is 0 Å². The second-order valence-electron chi connectivity index (χ2n) is 9.37. The molecule has 0 N–H and O–H groups in total. The highest BCUT2D eigenvalue weighted by molar-refractivity contribution is 6.74. The summed E-state index contributed by atoms with van der Waals surface area (Å²) in [6, 6.07) is 7.48. The van der Waals surface area contributed by atoms with Gasteiger partial charge in [-0.2, -0.15) is 0 Å². The van der Waals surface area contributed by atoms with Crippen molar-refractivity contribution < 1.29 is 14.0 Å². The van der Waals surface area contributed by atoms with Crippen LogP contribution in [-0.4, -0.2) is 20.1 Å². The lowest BCUT2D eigenvalue weighted by Gasteiger charge is -2.36. The number of nitrogens with zero attached hydrogens (tertiary/aromatic N) is 1. The Labute approximate surface area is 156 Å². The summed E-state index contributed by atoms with van der Waals surface area (Å²) < 4.78 is 6.36. The molecular weight excluding hydrogens is 342 g/mol. The molecule has 2 bridgehead atoms. The minimum atomic E-state index is -1.98. The van der Waals surface area contributed by atoms with Crippen molar-refractivity contribution in [3.8, 4) is 5.75 Å². The average Bonchev–Trinajstić information content (AvgIpc) is 3.20. The van der Waals surface area contributed by atoms with Gasteiger partial charge in [0.15, 0.2) is 0 Å². The third kappa shape index (κ3) is 2.48. The van der Waals surface area contributed by atoms with E-state index in [1.807, 2.05) is 24.3 Å². The molecule has 26 heavy (non-hydrogen) atoms. The highest BCUT2D eigenvalue weighted by atomic mass is 28.4. The quantitative estimate of drug-likeness (QED) is 0.451. The molecular formula is C21H27NO3Si. The van der Waals surface area contributed by atoms with Crippen molar-refractivity contribution in [1.29, 1.82) is 0 Å². The first-order chi connectivity index (χ1) is 12.1. The van der Waals surface area contributed by atoms with Crippen LogP contribution in [0, 0.1) is 23.7 Å². The zero-order valence-corrected chi connectivity index (χ0v) is 17.2. The minimum absolute atomic E-state index is 0.0404. The van der Waals surface area contributed by atoms with Gasteiger partial charge in [-0.15, -0.1) is 0 Å². The number of carbonyl (C=O) groups excluding carboxylic acids is 2. The molecule has 4 nitrogen and oxygen atoms in total. The highest BCUT2D eigenvalue weighted by Crippen LogP contribution is 2.53. The number of imide groups is 1. The number of carbonyl (C=O) groups is 2. The highest BCUT2D eigenvalue weighted by Gasteiger charge is 2.59. The van der Waals surface area contributed by atoms with Crippen LogP contribution < -0.4 is 9.33 Å². The van der Waals surface area contributed by atoms with Gasteiger partial charge in [0.2, 0.25) is 20.1 Å². The maximum atomic E-state index is 13.0. The van der Waals surface area contributed by atoms with E-state index in [0.29, 0.717) is 5.69 Å². The molecule has 1 saturated heterocycles. The van der Waals surface area contributed by atoms with E-state index in [2.05, 4.69) is 46.0 Å². The Morgan fingerprint density at radius 3 is 2.15 bits per heavy atom. The van der Waals surface area contributed by atoms with Gasteiger partial charge in [-0.05, 0) is 48.5 Å². The smallest absolute Gasteiger partial charge is 0.250 e. The number of anilines is 1. The Bertz CT molecular complexity index is 778. The molecule has 138 valence electrons. The Hall–Kier alpha value is -1.88. The lowest BCUT2D eigenvalue weighted by atomic mass is 9.85. The summed E-state index contributed by atoms with van der Waals surface area (Å²) in [6.45, 7) is 11.0. The molecule has 4 unspecified atom stereocenters. The molecule has 1 aliphatic heterocycles. The summed E-state index contributed by atoms with van der Waals surface area (Å²) in [6.07, 6.45) is 5.20. The molecule has 1 aromatic rings. The summed E-state index contributed by atoms with van der Waals surface area (Å²) in [7, 11) is -1.98. The number of hydrogen-bond donors (Lipinski definition) is 0. The first kappa shape index (κ1) is 17.5. The molecule has 2 amide bonds. The first-order valence-electron chi connectivity index (χ1n) is 9.45. The standard InChI is InChI=1S/C21H27NO3Si/c1-21(2,3)26(4,5)25-16-8-6-7-15(12-16)22-19(23)17-13-9-10-14(11-13)18(17)20(22)24/h6-10,12-14,17-18H,11H2,1-5H3. The van der Waals surface area contributed by atoms with Crippen LogP contribution in [0.2, 0.25) is 18.1 Å². The maximum absolute atomic E-state index is 13.0. The third-order valence-corrected chi connectivity index (χ3v) is 11.1. The number of benzene rings is 1. The van der Waals surface area contributed by atoms with Gasteiger partial charge in [0, 0.05) is 6.07 Å². The molecule has 1 heterocycles. The topological polar surface area (TPSA) is 46.6 Å². The predicted octanol–water partition coefficient (Wildman–Crippen LogP) is 4.38. The van der Waals surface area contributed by atoms with Crippen LogP contribution in [0.15, 0.2) is 36.4 Å². The molecule has 0 aromatic heterocycles. The van der Waals surface area contributed by atoms with Crippen LogP contribution in [0.1, 0.15) is 27.2 Å². The number of hydrogen-bond acceptors (Lipinski definition) is 3.